The topological polar surface area (TPSA) is 121 Å². The van der Waals surface area contributed by atoms with Gasteiger partial charge in [0, 0.05) is 0 Å². The number of hydrogen-bond donors (Lipinski definition) is 3. The van der Waals surface area contributed by atoms with Crippen LogP contribution >= 0.6 is 9.19 Å². The van der Waals surface area contributed by atoms with Gasteiger partial charge in [0.1, 0.15) is 0 Å². The van der Waals surface area contributed by atoms with Crippen LogP contribution in [0.2, 0.25) is 0 Å². The van der Waals surface area contributed by atoms with E-state index in [4.69, 9.17) is 24.5 Å². The van der Waals surface area contributed by atoms with Crippen LogP contribution < -0.4 is 0 Å². The minimum absolute atomic E-state index is 0.947. The number of halogens is 1. The average molecular weight is 424 g/mol. The van der Waals surface area contributed by atoms with Gasteiger partial charge in [-0.15, -0.1) is 0 Å². The molecule has 0 saturated heterocycles. The molecule has 0 aromatic carbocycles. The summed E-state index contributed by atoms with van der Waals surface area (Å²) in [5.74, 6) is -4.58. The number of carboxylic acids is 3. The Morgan fingerprint density at radius 1 is 1.13 bits per heavy atom. The van der Waals surface area contributed by atoms with Gasteiger partial charge in [0.2, 0.25) is 0 Å². The fourth-order valence-corrected chi connectivity index (χ4v) is 2.37. The van der Waals surface area contributed by atoms with Crippen molar-refractivity contribution in [2.45, 2.75) is 18.4 Å². The van der Waals surface area contributed by atoms with Crippen molar-refractivity contribution in [1.29, 1.82) is 0 Å². The van der Waals surface area contributed by atoms with Gasteiger partial charge in [-0.3, -0.25) is 0 Å². The molecule has 0 radical (unpaired) electrons. The zero-order chi connectivity index (χ0) is 12.1. The van der Waals surface area contributed by atoms with Crippen molar-refractivity contribution < 1.29 is 52.0 Å². The Morgan fingerprint density at radius 3 is 1.73 bits per heavy atom. The molecule has 3 N–H and O–H groups in total. The van der Waals surface area contributed by atoms with E-state index < -0.39 is 55.4 Å². The molecule has 0 saturated carbocycles. The molecule has 7 nitrogen and oxygen atoms in total. The van der Waals surface area contributed by atoms with E-state index in [1.165, 1.54) is 0 Å². The van der Waals surface area contributed by atoms with Crippen LogP contribution in [0, 0.1) is 0 Å². The molecule has 0 atom stereocenters. The number of carbonyl (C=O) groups is 3. The Labute approximate surface area is 97.6 Å². The van der Waals surface area contributed by atoms with Crippen LogP contribution in [0.5, 0.6) is 0 Å². The molecular weight excluding hydrogens is 416 g/mol. The molecule has 91 valence electrons. The molecule has 15 heavy (non-hydrogen) atoms. The first kappa shape index (κ1) is 14.4. The number of carboxylic acid groups (broad SMARTS) is 3. The van der Waals surface area contributed by atoms with E-state index in [0.29, 0.717) is 0 Å². The van der Waals surface area contributed by atoms with E-state index in [2.05, 4.69) is 3.24 Å². The second-order valence-electron chi connectivity index (χ2n) is 2.55. The third-order valence-corrected chi connectivity index (χ3v) is 2.80. The maximum absolute atomic E-state index is 10.8. The molecule has 0 amide bonds. The summed E-state index contributed by atoms with van der Waals surface area (Å²) >= 11 is -1.41. The first-order valence-electron chi connectivity index (χ1n) is 3.39. The maximum atomic E-state index is 10.8. The number of rotatable bonds is 7. The van der Waals surface area contributed by atoms with Crippen molar-refractivity contribution in [2.24, 2.45) is 0 Å². The second kappa shape index (κ2) is 6.09. The van der Waals surface area contributed by atoms with Crippen LogP contribution in [-0.2, 0) is 36.7 Å². The summed E-state index contributed by atoms with van der Waals surface area (Å²) in [6.45, 7) is 0. The van der Waals surface area contributed by atoms with E-state index in [1.54, 1.807) is 0 Å². The summed E-state index contributed by atoms with van der Waals surface area (Å²) < 4.78 is 4.61. The number of hydrogen-bond acceptors (Lipinski definition) is 4. The van der Waals surface area contributed by atoms with Gasteiger partial charge < -0.3 is 0 Å². The second-order valence-corrected chi connectivity index (χ2v) is 4.09. The van der Waals surface area contributed by atoms with Gasteiger partial charge in [-0.25, -0.2) is 0 Å². The quantitative estimate of drug-likeness (QED) is 0.490. The van der Waals surface area contributed by atoms with E-state index in [0.717, 1.165) is 0 Å². The van der Waals surface area contributed by atoms with Crippen molar-refractivity contribution in [3.8, 4) is 0 Å². The first-order chi connectivity index (χ1) is 6.84. The van der Waals surface area contributed by atoms with Gasteiger partial charge in [-0.1, -0.05) is 0 Å². The molecule has 0 rings (SSSR count). The molecule has 0 bridgehead atoms. The predicted molar refractivity (Wildman–Crippen MR) is 41.8 cm³/mol. The normalized spacial score (nSPS) is 11.3. The monoisotopic (exact) mass is 423 g/mol. The molecule has 0 aliphatic carbocycles. The van der Waals surface area contributed by atoms with Crippen LogP contribution in [-0.4, -0.2) is 38.8 Å². The summed E-state index contributed by atoms with van der Waals surface area (Å²) in [4.78, 5) is 31.6. The Bertz CT molecular complexity index is 263. The van der Waals surface area contributed by atoms with Gasteiger partial charge in [0.15, 0.2) is 0 Å². The summed E-state index contributed by atoms with van der Waals surface area (Å²) in [6.07, 6.45) is -1.89. The summed E-state index contributed by atoms with van der Waals surface area (Å²) in [5, 5.41) is 25.7. The fraction of sp³-hybridized carbons (Fsp3) is 0.500. The zero-order valence-electron chi connectivity index (χ0n) is 7.07. The van der Waals surface area contributed by atoms with Gasteiger partial charge in [-0.05, 0) is 0 Å². The van der Waals surface area contributed by atoms with Gasteiger partial charge in [0.05, 0.1) is 0 Å². The summed E-state index contributed by atoms with van der Waals surface area (Å²) in [5.41, 5.74) is -2.28. The van der Waals surface area contributed by atoms with Crippen LogP contribution in [0.4, 0.5) is 0 Å². The van der Waals surface area contributed by atoms with E-state index in [-0.39, 0.29) is 0 Å². The van der Waals surface area contributed by atoms with Gasteiger partial charge in [-0.2, -0.15) is 0 Å². The van der Waals surface area contributed by atoms with Crippen LogP contribution in [0.25, 0.3) is 0 Å². The minimum atomic E-state index is -2.28. The fourth-order valence-electron chi connectivity index (χ4n) is 0.817. The first-order valence-corrected chi connectivity index (χ1v) is 6.96. The number of aliphatic carboxylic acids is 3. The Kier molecular flexibility index (Phi) is 5.84. The van der Waals surface area contributed by atoms with Crippen LogP contribution in [0.15, 0.2) is 0 Å². The molecule has 0 fully saturated rings. The van der Waals surface area contributed by atoms with Crippen molar-refractivity contribution in [3.05, 3.63) is 0 Å². The molecular formula is C6H7AuClO7. The summed E-state index contributed by atoms with van der Waals surface area (Å²) in [7, 11) is 5.22. The van der Waals surface area contributed by atoms with Gasteiger partial charge in [0.25, 0.3) is 0 Å². The van der Waals surface area contributed by atoms with Crippen LogP contribution in [0.1, 0.15) is 12.8 Å². The Balaban J connectivity index is 4.96. The van der Waals surface area contributed by atoms with Crippen molar-refractivity contribution in [2.75, 3.05) is 0 Å². The zero-order valence-corrected chi connectivity index (χ0v) is 9.99. The van der Waals surface area contributed by atoms with Crippen molar-refractivity contribution in [3.63, 3.8) is 0 Å². The molecule has 0 unspecified atom stereocenters. The van der Waals surface area contributed by atoms with Crippen molar-refractivity contribution in [1.82, 2.24) is 0 Å². The Morgan fingerprint density at radius 2 is 1.53 bits per heavy atom. The van der Waals surface area contributed by atoms with E-state index in [1.807, 2.05) is 0 Å². The molecule has 0 aromatic rings. The predicted octanol–water partition coefficient (Wildman–Crippen LogP) is -0.0729. The van der Waals surface area contributed by atoms with Crippen molar-refractivity contribution >= 4 is 27.1 Å². The molecule has 9 heteroatoms. The third kappa shape index (κ3) is 4.63. The summed E-state index contributed by atoms with van der Waals surface area (Å²) in [6, 6.07) is 0. The standard InChI is InChI=1S/C6H7O7.Au.ClH/c7-3(8)1-6(13,5(11)12)2-4(9)10;;/h1-2H2,(H,7,8)(H,9,10)(H,11,12);;1H/q-1;+2;/p-1. The third-order valence-electron chi connectivity index (χ3n) is 1.40. The molecule has 0 aromatic heterocycles. The SMILES string of the molecule is O=C(O)CC(CC(=O)O)([O][Au][Cl])C(=O)O. The average Bonchev–Trinajstić information content (AvgIpc) is 2.01. The Hall–Kier alpha value is -0.600. The van der Waals surface area contributed by atoms with E-state index >= 15 is 0 Å². The van der Waals surface area contributed by atoms with Crippen LogP contribution in [0.3, 0.4) is 0 Å². The molecule has 0 aliphatic rings. The van der Waals surface area contributed by atoms with E-state index in [9.17, 15) is 14.4 Å². The molecule has 0 aliphatic heterocycles. The van der Waals surface area contributed by atoms with Gasteiger partial charge >= 0.3 is 97.6 Å². The molecule has 0 spiro atoms. The molecule has 0 heterocycles.